The third-order valence-corrected chi connectivity index (χ3v) is 7.01. The fourth-order valence-electron chi connectivity index (χ4n) is 4.97. The lowest BCUT2D eigenvalue weighted by atomic mass is 9.65. The summed E-state index contributed by atoms with van der Waals surface area (Å²) >= 11 is 0. The quantitative estimate of drug-likeness (QED) is 0.210. The molecule has 10 heteroatoms. The van der Waals surface area contributed by atoms with Crippen molar-refractivity contribution >= 4 is 23.8 Å². The fourth-order valence-corrected chi connectivity index (χ4v) is 4.97. The highest BCUT2D eigenvalue weighted by atomic mass is 16.6. The Morgan fingerprint density at radius 2 is 1.40 bits per heavy atom. The van der Waals surface area contributed by atoms with Gasteiger partial charge < -0.3 is 15.4 Å². The van der Waals surface area contributed by atoms with E-state index in [0.29, 0.717) is 0 Å². The molecule has 0 bridgehead atoms. The van der Waals surface area contributed by atoms with E-state index in [-0.39, 0.29) is 39.0 Å². The smallest absolute Gasteiger partial charge is 0.407 e. The van der Waals surface area contributed by atoms with Gasteiger partial charge in [0, 0.05) is 44.8 Å². The number of benzene rings is 2. The number of ether oxygens (including phenoxy) is 1. The molecule has 2 atom stereocenters. The third kappa shape index (κ3) is 7.25. The summed E-state index contributed by atoms with van der Waals surface area (Å²) in [5.74, 6) is -1.42. The van der Waals surface area contributed by atoms with Gasteiger partial charge in [0.2, 0.25) is 17.7 Å². The molecule has 0 saturated carbocycles. The van der Waals surface area contributed by atoms with E-state index < -0.39 is 40.4 Å². The van der Waals surface area contributed by atoms with E-state index in [1.165, 1.54) is 7.05 Å². The largest absolute Gasteiger partial charge is 0.444 e. The van der Waals surface area contributed by atoms with Gasteiger partial charge in [-0.1, -0.05) is 67.6 Å². The first-order chi connectivity index (χ1) is 18.9. The molecule has 2 aromatic carbocycles. The topological polar surface area (TPSA) is 126 Å². The SMILES string of the molecule is CNC(=O)[C@](Cc1ccccc1)(N1C(=O)CCC1=O)[C@@](C)(CNOCc1ccccc1)CNC(=O)OC(C)(C)C. The lowest BCUT2D eigenvalue weighted by Crippen LogP contribution is -2.73. The maximum atomic E-state index is 14.0. The zero-order valence-electron chi connectivity index (χ0n) is 23.9. The Balaban J connectivity index is 2.06. The molecule has 1 fully saturated rings. The van der Waals surface area contributed by atoms with Gasteiger partial charge in [-0.25, -0.2) is 10.3 Å². The van der Waals surface area contributed by atoms with E-state index >= 15 is 0 Å². The summed E-state index contributed by atoms with van der Waals surface area (Å²) < 4.78 is 5.45. The molecule has 1 saturated heterocycles. The standard InChI is InChI=1S/C30H40N4O6/c1-28(2,3)40-27(38)32-20-29(4,21-33-39-19-23-14-10-7-11-15-23)30(26(37)31-5,18-22-12-8-6-9-13-22)34-24(35)16-17-25(34)36/h6-15,33H,16-21H2,1-5H3,(H,31,37)(H,32,38)/t29-,30+/m1/s1. The van der Waals surface area contributed by atoms with Crippen molar-refractivity contribution in [3.05, 3.63) is 71.8 Å². The molecule has 0 aromatic heterocycles. The van der Waals surface area contributed by atoms with Crippen LogP contribution in [0.3, 0.4) is 0 Å². The number of likely N-dealkylation sites (tertiary alicyclic amines) is 1. The maximum Gasteiger partial charge on any atom is 0.407 e. The van der Waals surface area contributed by atoms with Crippen LogP contribution in [-0.2, 0) is 37.0 Å². The second-order valence-corrected chi connectivity index (χ2v) is 11.2. The molecule has 0 aliphatic carbocycles. The molecule has 10 nitrogen and oxygen atoms in total. The number of hydrogen-bond donors (Lipinski definition) is 3. The highest BCUT2D eigenvalue weighted by Gasteiger charge is 2.61. The second kappa shape index (κ2) is 13.1. The number of hydroxylamine groups is 1. The molecule has 3 rings (SSSR count). The van der Waals surface area contributed by atoms with Crippen LogP contribution in [0.4, 0.5) is 4.79 Å². The molecule has 3 N–H and O–H groups in total. The molecule has 1 aliphatic heterocycles. The van der Waals surface area contributed by atoms with Crippen molar-refractivity contribution < 1.29 is 28.8 Å². The first kappa shape index (κ1) is 30.8. The Morgan fingerprint density at radius 3 is 1.93 bits per heavy atom. The van der Waals surface area contributed by atoms with Gasteiger partial charge in [-0.2, -0.15) is 0 Å². The molecular weight excluding hydrogens is 512 g/mol. The van der Waals surface area contributed by atoms with E-state index in [1.807, 2.05) is 60.7 Å². The van der Waals surface area contributed by atoms with Crippen molar-refractivity contribution in [1.82, 2.24) is 21.0 Å². The molecule has 4 amide bonds. The van der Waals surface area contributed by atoms with Crippen LogP contribution < -0.4 is 16.1 Å². The van der Waals surface area contributed by atoms with Gasteiger partial charge in [0.1, 0.15) is 11.1 Å². The number of amides is 4. The minimum absolute atomic E-state index is 0.000122. The number of carbonyl (C=O) groups excluding carboxylic acids is 4. The van der Waals surface area contributed by atoms with Crippen molar-refractivity contribution in [3.8, 4) is 0 Å². The van der Waals surface area contributed by atoms with E-state index in [0.717, 1.165) is 16.0 Å². The highest BCUT2D eigenvalue weighted by Crippen LogP contribution is 2.42. The summed E-state index contributed by atoms with van der Waals surface area (Å²) in [5.41, 5.74) is 0.894. The number of alkyl carbamates (subject to hydrolysis) is 1. The normalized spacial score (nSPS) is 16.7. The predicted molar refractivity (Wildman–Crippen MR) is 150 cm³/mol. The zero-order valence-corrected chi connectivity index (χ0v) is 23.9. The number of carbonyl (C=O) groups is 4. The van der Waals surface area contributed by atoms with Gasteiger partial charge in [0.05, 0.1) is 6.61 Å². The maximum absolute atomic E-state index is 14.0. The monoisotopic (exact) mass is 552 g/mol. The predicted octanol–water partition coefficient (Wildman–Crippen LogP) is 3.12. The van der Waals surface area contributed by atoms with Gasteiger partial charge in [0.25, 0.3) is 0 Å². The Morgan fingerprint density at radius 1 is 0.850 bits per heavy atom. The Hall–Kier alpha value is -3.76. The van der Waals surface area contributed by atoms with E-state index in [1.54, 1.807) is 27.7 Å². The molecule has 216 valence electrons. The molecule has 0 spiro atoms. The van der Waals surface area contributed by atoms with Crippen molar-refractivity contribution in [3.63, 3.8) is 0 Å². The summed E-state index contributed by atoms with van der Waals surface area (Å²) in [5, 5.41) is 5.47. The van der Waals surface area contributed by atoms with Crippen molar-refractivity contribution in [2.24, 2.45) is 5.41 Å². The summed E-state index contributed by atoms with van der Waals surface area (Å²) in [6.07, 6.45) is -0.661. The lowest BCUT2D eigenvalue weighted by Gasteiger charge is -2.51. The van der Waals surface area contributed by atoms with Crippen molar-refractivity contribution in [2.45, 2.75) is 64.7 Å². The molecule has 2 aromatic rings. The van der Waals surface area contributed by atoms with Crippen LogP contribution in [0.2, 0.25) is 0 Å². The highest BCUT2D eigenvalue weighted by molar-refractivity contribution is 6.07. The van der Waals surface area contributed by atoms with Gasteiger partial charge in [0.15, 0.2) is 0 Å². The second-order valence-electron chi connectivity index (χ2n) is 11.2. The van der Waals surface area contributed by atoms with Gasteiger partial charge in [-0.3, -0.25) is 24.1 Å². The van der Waals surface area contributed by atoms with Crippen LogP contribution in [0.15, 0.2) is 60.7 Å². The van der Waals surface area contributed by atoms with Crippen LogP contribution >= 0.6 is 0 Å². The van der Waals surface area contributed by atoms with Gasteiger partial charge >= 0.3 is 6.09 Å². The Labute approximate surface area is 235 Å². The number of likely N-dealkylation sites (N-methyl/N-ethyl adjacent to an activating group) is 1. The lowest BCUT2D eigenvalue weighted by molar-refractivity contribution is -0.164. The van der Waals surface area contributed by atoms with Crippen LogP contribution in [0.5, 0.6) is 0 Å². The minimum atomic E-state index is -1.72. The Bertz CT molecular complexity index is 1170. The molecule has 40 heavy (non-hydrogen) atoms. The fraction of sp³-hybridized carbons (Fsp3) is 0.467. The molecule has 0 unspecified atom stereocenters. The molecule has 0 radical (unpaired) electrons. The number of nitrogens with one attached hydrogen (secondary N) is 3. The zero-order chi connectivity index (χ0) is 29.4. The molecule has 1 aliphatic rings. The van der Waals surface area contributed by atoms with Crippen molar-refractivity contribution in [1.29, 1.82) is 0 Å². The van der Waals surface area contributed by atoms with Gasteiger partial charge in [-0.15, -0.1) is 0 Å². The number of nitrogens with zero attached hydrogens (tertiary/aromatic N) is 1. The first-order valence-corrected chi connectivity index (χ1v) is 13.4. The molecular formula is C30H40N4O6. The third-order valence-electron chi connectivity index (χ3n) is 7.01. The summed E-state index contributed by atoms with van der Waals surface area (Å²) in [4.78, 5) is 60.2. The van der Waals surface area contributed by atoms with Crippen LogP contribution in [0, 0.1) is 5.41 Å². The summed E-state index contributed by atoms with van der Waals surface area (Å²) in [6.45, 7) is 7.13. The van der Waals surface area contributed by atoms with Crippen LogP contribution in [0.1, 0.15) is 51.7 Å². The number of imide groups is 1. The Kier molecular flexibility index (Phi) is 10.1. The van der Waals surface area contributed by atoms with Crippen LogP contribution in [0.25, 0.3) is 0 Å². The number of rotatable bonds is 12. The average molecular weight is 553 g/mol. The van der Waals surface area contributed by atoms with Gasteiger partial charge in [-0.05, 0) is 31.9 Å². The van der Waals surface area contributed by atoms with E-state index in [4.69, 9.17) is 9.57 Å². The first-order valence-electron chi connectivity index (χ1n) is 13.4. The minimum Gasteiger partial charge on any atom is -0.444 e. The summed E-state index contributed by atoms with van der Waals surface area (Å²) in [6, 6.07) is 18.7. The summed E-state index contributed by atoms with van der Waals surface area (Å²) in [7, 11) is 1.47. The van der Waals surface area contributed by atoms with Crippen molar-refractivity contribution in [2.75, 3.05) is 20.1 Å². The molecule has 1 heterocycles. The number of hydrogen-bond acceptors (Lipinski definition) is 7. The van der Waals surface area contributed by atoms with Crippen LogP contribution in [-0.4, -0.2) is 60.0 Å². The average Bonchev–Trinajstić information content (AvgIpc) is 3.26. The van der Waals surface area contributed by atoms with E-state index in [9.17, 15) is 19.2 Å². The van der Waals surface area contributed by atoms with E-state index in [2.05, 4.69) is 16.1 Å².